The smallest absolute Gasteiger partial charge is 0.315 e. The lowest BCUT2D eigenvalue weighted by atomic mass is 9.74. The molecule has 6 nitrogen and oxygen atoms in total. The van der Waals surface area contributed by atoms with Gasteiger partial charge in [-0.1, -0.05) is 30.3 Å². The highest BCUT2D eigenvalue weighted by Crippen LogP contribution is 2.34. The summed E-state index contributed by atoms with van der Waals surface area (Å²) >= 11 is 0. The standard InChI is InChI=1S/C18H25N3O3/c22-16(21-15-6-7-15)12-19-17(23)20-13-18(8-10-24-11-9-18)14-4-2-1-3-5-14/h1-5,15H,6-13H2,(H,21,22)(H2,19,20,23). The molecule has 0 aromatic heterocycles. The van der Waals surface area contributed by atoms with Gasteiger partial charge in [-0.25, -0.2) is 4.79 Å². The third kappa shape index (κ3) is 4.47. The number of urea groups is 1. The van der Waals surface area contributed by atoms with E-state index in [1.807, 2.05) is 18.2 Å². The van der Waals surface area contributed by atoms with Crippen molar-refractivity contribution < 1.29 is 14.3 Å². The normalized spacial score (nSPS) is 19.3. The van der Waals surface area contributed by atoms with Gasteiger partial charge in [0.1, 0.15) is 0 Å². The van der Waals surface area contributed by atoms with Crippen LogP contribution < -0.4 is 16.0 Å². The first kappa shape index (κ1) is 16.8. The first-order valence-corrected chi connectivity index (χ1v) is 8.62. The van der Waals surface area contributed by atoms with Gasteiger partial charge in [-0.05, 0) is 31.2 Å². The fourth-order valence-corrected chi connectivity index (χ4v) is 3.10. The summed E-state index contributed by atoms with van der Waals surface area (Å²) in [5.41, 5.74) is 1.12. The van der Waals surface area contributed by atoms with Crippen LogP contribution in [-0.4, -0.2) is 44.3 Å². The van der Waals surface area contributed by atoms with Crippen LogP contribution in [0.15, 0.2) is 30.3 Å². The van der Waals surface area contributed by atoms with Gasteiger partial charge in [-0.15, -0.1) is 0 Å². The van der Waals surface area contributed by atoms with Crippen LogP contribution >= 0.6 is 0 Å². The zero-order valence-electron chi connectivity index (χ0n) is 13.8. The van der Waals surface area contributed by atoms with Crippen LogP contribution in [0.25, 0.3) is 0 Å². The van der Waals surface area contributed by atoms with Crippen LogP contribution in [0.2, 0.25) is 0 Å². The first-order chi connectivity index (χ1) is 11.7. The van der Waals surface area contributed by atoms with Crippen molar-refractivity contribution in [2.75, 3.05) is 26.3 Å². The lowest BCUT2D eigenvalue weighted by Gasteiger charge is -2.37. The molecular formula is C18H25N3O3. The van der Waals surface area contributed by atoms with Crippen molar-refractivity contribution in [2.24, 2.45) is 0 Å². The van der Waals surface area contributed by atoms with Gasteiger partial charge in [-0.3, -0.25) is 4.79 Å². The Bertz CT molecular complexity index is 566. The average Bonchev–Trinajstić information content (AvgIpc) is 3.44. The Hall–Kier alpha value is -2.08. The predicted octanol–water partition coefficient (Wildman–Crippen LogP) is 1.31. The van der Waals surface area contributed by atoms with Crippen molar-refractivity contribution in [3.8, 4) is 0 Å². The van der Waals surface area contributed by atoms with Crippen molar-refractivity contribution in [3.63, 3.8) is 0 Å². The van der Waals surface area contributed by atoms with Crippen LogP contribution in [0.3, 0.4) is 0 Å². The molecule has 3 rings (SSSR count). The van der Waals surface area contributed by atoms with Gasteiger partial charge >= 0.3 is 6.03 Å². The number of ether oxygens (including phenoxy) is 1. The Kier molecular flexibility index (Phi) is 5.35. The maximum Gasteiger partial charge on any atom is 0.315 e. The number of carbonyl (C=O) groups excluding carboxylic acids is 2. The second-order valence-corrected chi connectivity index (χ2v) is 6.64. The summed E-state index contributed by atoms with van der Waals surface area (Å²) in [5, 5.41) is 8.41. The molecule has 1 aliphatic heterocycles. The van der Waals surface area contributed by atoms with E-state index in [0.29, 0.717) is 25.8 Å². The molecule has 130 valence electrons. The third-order valence-corrected chi connectivity index (χ3v) is 4.78. The number of rotatable bonds is 6. The summed E-state index contributed by atoms with van der Waals surface area (Å²) in [6.45, 7) is 1.95. The summed E-state index contributed by atoms with van der Waals surface area (Å²) in [5.74, 6) is -0.128. The Balaban J connectivity index is 1.51. The number of hydrogen-bond donors (Lipinski definition) is 3. The first-order valence-electron chi connectivity index (χ1n) is 8.62. The van der Waals surface area contributed by atoms with E-state index in [-0.39, 0.29) is 23.9 Å². The topological polar surface area (TPSA) is 79.5 Å². The molecular weight excluding hydrogens is 306 g/mol. The molecule has 0 atom stereocenters. The number of carbonyl (C=O) groups is 2. The highest BCUT2D eigenvalue weighted by atomic mass is 16.5. The molecule has 1 saturated carbocycles. The molecule has 0 unspecified atom stereocenters. The molecule has 1 heterocycles. The second-order valence-electron chi connectivity index (χ2n) is 6.64. The average molecular weight is 331 g/mol. The maximum absolute atomic E-state index is 12.0. The minimum absolute atomic E-state index is 0.0176. The molecule has 1 aromatic rings. The molecule has 1 aliphatic carbocycles. The Morgan fingerprint density at radius 1 is 1.08 bits per heavy atom. The highest BCUT2D eigenvalue weighted by molar-refractivity contribution is 5.84. The van der Waals surface area contributed by atoms with Gasteiger partial charge in [0.05, 0.1) is 6.54 Å². The maximum atomic E-state index is 12.0. The molecule has 24 heavy (non-hydrogen) atoms. The van der Waals surface area contributed by atoms with E-state index < -0.39 is 0 Å². The van der Waals surface area contributed by atoms with E-state index in [1.54, 1.807) is 0 Å². The lowest BCUT2D eigenvalue weighted by molar-refractivity contribution is -0.120. The summed E-state index contributed by atoms with van der Waals surface area (Å²) in [6, 6.07) is 10.3. The number of amides is 3. The largest absolute Gasteiger partial charge is 0.381 e. The molecule has 1 saturated heterocycles. The van der Waals surface area contributed by atoms with Crippen molar-refractivity contribution in [3.05, 3.63) is 35.9 Å². The fraction of sp³-hybridized carbons (Fsp3) is 0.556. The van der Waals surface area contributed by atoms with Gasteiger partial charge < -0.3 is 20.7 Å². The van der Waals surface area contributed by atoms with Crippen molar-refractivity contribution in [2.45, 2.75) is 37.1 Å². The van der Waals surface area contributed by atoms with E-state index in [9.17, 15) is 9.59 Å². The van der Waals surface area contributed by atoms with Crippen LogP contribution in [0.5, 0.6) is 0 Å². The SMILES string of the molecule is O=C(CNC(=O)NCC1(c2ccccc2)CCOCC1)NC1CC1. The number of nitrogens with one attached hydrogen (secondary N) is 3. The van der Waals surface area contributed by atoms with Crippen LogP contribution in [0.4, 0.5) is 4.79 Å². The molecule has 0 bridgehead atoms. The minimum Gasteiger partial charge on any atom is -0.381 e. The van der Waals surface area contributed by atoms with Crippen LogP contribution in [0, 0.1) is 0 Å². The van der Waals surface area contributed by atoms with Gasteiger partial charge in [0.25, 0.3) is 0 Å². The summed E-state index contributed by atoms with van der Waals surface area (Å²) in [4.78, 5) is 23.6. The van der Waals surface area contributed by atoms with Gasteiger partial charge in [-0.2, -0.15) is 0 Å². The predicted molar refractivity (Wildman–Crippen MR) is 90.7 cm³/mol. The van der Waals surface area contributed by atoms with E-state index in [4.69, 9.17) is 4.74 Å². The molecule has 2 aliphatic rings. The van der Waals surface area contributed by atoms with Gasteiger partial charge in [0, 0.05) is 31.2 Å². The molecule has 3 N–H and O–H groups in total. The number of benzene rings is 1. The summed E-state index contributed by atoms with van der Waals surface area (Å²) < 4.78 is 5.49. The van der Waals surface area contributed by atoms with Crippen LogP contribution in [-0.2, 0) is 14.9 Å². The van der Waals surface area contributed by atoms with Crippen molar-refractivity contribution in [1.82, 2.24) is 16.0 Å². The second kappa shape index (κ2) is 7.66. The highest BCUT2D eigenvalue weighted by Gasteiger charge is 2.34. The van der Waals surface area contributed by atoms with Crippen molar-refractivity contribution in [1.29, 1.82) is 0 Å². The fourth-order valence-electron chi connectivity index (χ4n) is 3.10. The third-order valence-electron chi connectivity index (χ3n) is 4.78. The molecule has 0 spiro atoms. The zero-order chi connectivity index (χ0) is 16.8. The Labute approximate surface area is 142 Å². The molecule has 2 fully saturated rings. The Morgan fingerprint density at radius 2 is 1.79 bits per heavy atom. The zero-order valence-corrected chi connectivity index (χ0v) is 13.8. The Morgan fingerprint density at radius 3 is 2.46 bits per heavy atom. The molecule has 1 aromatic carbocycles. The lowest BCUT2D eigenvalue weighted by Crippen LogP contribution is -2.49. The van der Waals surface area contributed by atoms with Crippen molar-refractivity contribution >= 4 is 11.9 Å². The molecule has 0 radical (unpaired) electrons. The summed E-state index contributed by atoms with van der Waals surface area (Å²) in [7, 11) is 0. The van der Waals surface area contributed by atoms with Gasteiger partial charge in [0.15, 0.2) is 0 Å². The minimum atomic E-state index is -0.303. The van der Waals surface area contributed by atoms with Crippen LogP contribution in [0.1, 0.15) is 31.2 Å². The van der Waals surface area contributed by atoms with E-state index in [2.05, 4.69) is 28.1 Å². The van der Waals surface area contributed by atoms with E-state index in [1.165, 1.54) is 5.56 Å². The summed E-state index contributed by atoms with van der Waals surface area (Å²) in [6.07, 6.45) is 3.83. The van der Waals surface area contributed by atoms with E-state index in [0.717, 1.165) is 25.7 Å². The molecule has 6 heteroatoms. The monoisotopic (exact) mass is 331 g/mol. The quantitative estimate of drug-likeness (QED) is 0.735. The number of hydrogen-bond acceptors (Lipinski definition) is 3. The van der Waals surface area contributed by atoms with E-state index >= 15 is 0 Å². The van der Waals surface area contributed by atoms with Gasteiger partial charge in [0.2, 0.25) is 5.91 Å². The molecule has 3 amide bonds.